The largest absolute Gasteiger partial charge is 0.484 e. The fraction of sp³-hybridized carbons (Fsp3) is 0.333. The molecule has 2 aromatic carbocycles. The monoisotopic (exact) mass is 382 g/mol. The SMILES string of the molecule is CN(Cc1ccc2c(c1)OCO2)C(=O)COc1cccc(N2CCCC2=O)c1. The van der Waals surface area contributed by atoms with Crippen LogP contribution in [0.2, 0.25) is 0 Å². The quantitative estimate of drug-likeness (QED) is 0.768. The van der Waals surface area contributed by atoms with Crippen LogP contribution in [-0.4, -0.2) is 43.7 Å². The second kappa shape index (κ2) is 7.80. The topological polar surface area (TPSA) is 68.3 Å². The predicted octanol–water partition coefficient (Wildman–Crippen LogP) is 2.58. The van der Waals surface area contributed by atoms with E-state index in [2.05, 4.69) is 0 Å². The summed E-state index contributed by atoms with van der Waals surface area (Å²) in [4.78, 5) is 27.7. The molecule has 146 valence electrons. The maximum atomic E-state index is 12.4. The molecule has 7 nitrogen and oxygen atoms in total. The maximum Gasteiger partial charge on any atom is 0.260 e. The summed E-state index contributed by atoms with van der Waals surface area (Å²) in [7, 11) is 1.73. The lowest BCUT2D eigenvalue weighted by atomic mass is 10.2. The Morgan fingerprint density at radius 3 is 2.86 bits per heavy atom. The van der Waals surface area contributed by atoms with Gasteiger partial charge in [-0.25, -0.2) is 0 Å². The standard InChI is InChI=1S/C21H22N2O5/c1-22(12-15-7-8-18-19(10-15)28-14-27-18)21(25)13-26-17-5-2-4-16(11-17)23-9-3-6-20(23)24/h2,4-5,7-8,10-11H,3,6,9,12-14H2,1H3. The zero-order valence-corrected chi connectivity index (χ0v) is 15.7. The summed E-state index contributed by atoms with van der Waals surface area (Å²) in [6.07, 6.45) is 1.45. The highest BCUT2D eigenvalue weighted by Gasteiger charge is 2.22. The molecule has 2 heterocycles. The third-order valence-corrected chi connectivity index (χ3v) is 4.85. The van der Waals surface area contributed by atoms with Gasteiger partial charge in [0.1, 0.15) is 5.75 Å². The lowest BCUT2D eigenvalue weighted by Gasteiger charge is -2.19. The van der Waals surface area contributed by atoms with E-state index in [9.17, 15) is 9.59 Å². The number of amides is 2. The molecule has 0 aliphatic carbocycles. The smallest absolute Gasteiger partial charge is 0.260 e. The number of anilines is 1. The van der Waals surface area contributed by atoms with Gasteiger partial charge in [-0.15, -0.1) is 0 Å². The Hall–Kier alpha value is -3.22. The molecule has 2 aromatic rings. The normalized spacial score (nSPS) is 15.0. The second-order valence-electron chi connectivity index (χ2n) is 6.87. The molecule has 0 aromatic heterocycles. The van der Waals surface area contributed by atoms with Gasteiger partial charge in [0.25, 0.3) is 5.91 Å². The molecule has 1 saturated heterocycles. The fourth-order valence-corrected chi connectivity index (χ4v) is 3.32. The molecule has 7 heteroatoms. The summed E-state index contributed by atoms with van der Waals surface area (Å²) < 4.78 is 16.3. The number of rotatable bonds is 6. The van der Waals surface area contributed by atoms with Gasteiger partial charge in [0, 0.05) is 38.3 Å². The number of fused-ring (bicyclic) bond motifs is 1. The van der Waals surface area contributed by atoms with Crippen LogP contribution in [0, 0.1) is 0 Å². The molecule has 0 radical (unpaired) electrons. The number of hydrogen-bond acceptors (Lipinski definition) is 5. The lowest BCUT2D eigenvalue weighted by Crippen LogP contribution is -2.31. The molecule has 0 saturated carbocycles. The summed E-state index contributed by atoms with van der Waals surface area (Å²) in [5.74, 6) is 1.97. The summed E-state index contributed by atoms with van der Waals surface area (Å²) in [6, 6.07) is 12.9. The Balaban J connectivity index is 1.33. The highest BCUT2D eigenvalue weighted by molar-refractivity contribution is 5.95. The van der Waals surface area contributed by atoms with Gasteiger partial charge in [0.2, 0.25) is 12.7 Å². The zero-order chi connectivity index (χ0) is 19.5. The van der Waals surface area contributed by atoms with Gasteiger partial charge < -0.3 is 24.0 Å². The van der Waals surface area contributed by atoms with Crippen molar-refractivity contribution in [3.63, 3.8) is 0 Å². The number of nitrogens with zero attached hydrogens (tertiary/aromatic N) is 2. The van der Waals surface area contributed by atoms with Crippen LogP contribution in [0.25, 0.3) is 0 Å². The van der Waals surface area contributed by atoms with Gasteiger partial charge in [-0.3, -0.25) is 9.59 Å². The minimum atomic E-state index is -0.139. The van der Waals surface area contributed by atoms with E-state index in [0.29, 0.717) is 24.5 Å². The molecule has 2 aliphatic rings. The number of ether oxygens (including phenoxy) is 3. The molecule has 1 fully saturated rings. The van der Waals surface area contributed by atoms with Crippen molar-refractivity contribution in [1.82, 2.24) is 4.90 Å². The number of likely N-dealkylation sites (N-methyl/N-ethyl adjacent to an activating group) is 1. The van der Waals surface area contributed by atoms with E-state index in [0.717, 1.165) is 30.0 Å². The van der Waals surface area contributed by atoms with Crippen molar-refractivity contribution in [2.24, 2.45) is 0 Å². The van der Waals surface area contributed by atoms with Gasteiger partial charge in [0.15, 0.2) is 18.1 Å². The number of hydrogen-bond donors (Lipinski definition) is 0. The first-order valence-electron chi connectivity index (χ1n) is 9.26. The molecule has 2 amide bonds. The number of carbonyl (C=O) groups excluding carboxylic acids is 2. The predicted molar refractivity (Wildman–Crippen MR) is 103 cm³/mol. The van der Waals surface area contributed by atoms with Gasteiger partial charge >= 0.3 is 0 Å². The van der Waals surface area contributed by atoms with Gasteiger partial charge in [-0.2, -0.15) is 0 Å². The average molecular weight is 382 g/mol. The molecule has 0 unspecified atom stereocenters. The van der Waals surface area contributed by atoms with Crippen molar-refractivity contribution in [2.45, 2.75) is 19.4 Å². The summed E-state index contributed by atoms with van der Waals surface area (Å²) in [6.45, 7) is 1.32. The number of carbonyl (C=O) groups is 2. The van der Waals surface area contributed by atoms with Crippen LogP contribution in [0.15, 0.2) is 42.5 Å². The summed E-state index contributed by atoms with van der Waals surface area (Å²) in [5.41, 5.74) is 1.76. The zero-order valence-electron chi connectivity index (χ0n) is 15.7. The molecular formula is C21H22N2O5. The van der Waals surface area contributed by atoms with Crippen LogP contribution >= 0.6 is 0 Å². The van der Waals surface area contributed by atoms with Crippen molar-refractivity contribution >= 4 is 17.5 Å². The highest BCUT2D eigenvalue weighted by Crippen LogP contribution is 2.32. The van der Waals surface area contributed by atoms with Crippen LogP contribution in [0.4, 0.5) is 5.69 Å². The van der Waals surface area contributed by atoms with E-state index in [1.807, 2.05) is 30.3 Å². The molecule has 2 aliphatic heterocycles. The van der Waals surface area contributed by atoms with Crippen molar-refractivity contribution in [3.05, 3.63) is 48.0 Å². The van der Waals surface area contributed by atoms with Gasteiger partial charge in [-0.05, 0) is 36.2 Å². The van der Waals surface area contributed by atoms with E-state index in [4.69, 9.17) is 14.2 Å². The molecule has 0 atom stereocenters. The molecular weight excluding hydrogens is 360 g/mol. The minimum Gasteiger partial charge on any atom is -0.484 e. The Bertz CT molecular complexity index is 898. The van der Waals surface area contributed by atoms with E-state index in [1.54, 1.807) is 29.0 Å². The summed E-state index contributed by atoms with van der Waals surface area (Å²) in [5, 5.41) is 0. The minimum absolute atomic E-state index is 0.0710. The van der Waals surface area contributed by atoms with E-state index in [-0.39, 0.29) is 25.2 Å². The van der Waals surface area contributed by atoms with E-state index < -0.39 is 0 Å². The fourth-order valence-electron chi connectivity index (χ4n) is 3.32. The Morgan fingerprint density at radius 2 is 2.04 bits per heavy atom. The Labute approximate surface area is 163 Å². The van der Waals surface area contributed by atoms with Gasteiger partial charge in [0.05, 0.1) is 0 Å². The molecule has 0 spiro atoms. The van der Waals surface area contributed by atoms with Crippen LogP contribution in [0.3, 0.4) is 0 Å². The first-order valence-corrected chi connectivity index (χ1v) is 9.26. The molecule has 4 rings (SSSR count). The lowest BCUT2D eigenvalue weighted by molar-refractivity contribution is -0.132. The van der Waals surface area contributed by atoms with Crippen molar-refractivity contribution in [3.8, 4) is 17.2 Å². The van der Waals surface area contributed by atoms with Crippen molar-refractivity contribution in [1.29, 1.82) is 0 Å². The molecule has 28 heavy (non-hydrogen) atoms. The van der Waals surface area contributed by atoms with E-state index >= 15 is 0 Å². The number of benzene rings is 2. The third kappa shape index (κ3) is 3.88. The van der Waals surface area contributed by atoms with Gasteiger partial charge in [-0.1, -0.05) is 12.1 Å². The van der Waals surface area contributed by atoms with Crippen LogP contribution in [-0.2, 0) is 16.1 Å². The Morgan fingerprint density at radius 1 is 1.18 bits per heavy atom. The van der Waals surface area contributed by atoms with Crippen molar-refractivity contribution in [2.75, 3.05) is 31.9 Å². The van der Waals surface area contributed by atoms with E-state index in [1.165, 1.54) is 0 Å². The Kier molecular flexibility index (Phi) is 5.06. The molecule has 0 bridgehead atoms. The first-order chi connectivity index (χ1) is 13.6. The second-order valence-corrected chi connectivity index (χ2v) is 6.87. The van der Waals surface area contributed by atoms with Crippen LogP contribution in [0.5, 0.6) is 17.2 Å². The van der Waals surface area contributed by atoms with Crippen LogP contribution in [0.1, 0.15) is 18.4 Å². The van der Waals surface area contributed by atoms with Crippen LogP contribution < -0.4 is 19.1 Å². The first kappa shape index (κ1) is 18.2. The summed E-state index contributed by atoms with van der Waals surface area (Å²) >= 11 is 0. The van der Waals surface area contributed by atoms with Crippen molar-refractivity contribution < 1.29 is 23.8 Å². The highest BCUT2D eigenvalue weighted by atomic mass is 16.7. The maximum absolute atomic E-state index is 12.4. The third-order valence-electron chi connectivity index (χ3n) is 4.85. The average Bonchev–Trinajstić information content (AvgIpc) is 3.34. The molecule has 0 N–H and O–H groups in total.